The molecule has 114 valence electrons. The summed E-state index contributed by atoms with van der Waals surface area (Å²) in [5.74, 6) is 2.46. The standard InChI is InChI=1S/C18H24O3/c1-11-8-9-13-6-4-5-7-14(13)17(11)16-10-15(20-3)12(2)18(19)21-16/h8-11,13-14,17H,4-7H2,1-3H3/t11-,13+,14-,17-/m1/s1/i2D2. The first kappa shape index (κ1) is 12.1. The molecule has 0 aromatic carbocycles. The van der Waals surface area contributed by atoms with Gasteiger partial charge in [0, 0.05) is 14.7 Å². The van der Waals surface area contributed by atoms with Crippen LogP contribution in [0.5, 0.6) is 5.75 Å². The molecular formula is C18H24O3. The normalized spacial score (nSPS) is 33.3. The lowest BCUT2D eigenvalue weighted by atomic mass is 9.64. The average molecular weight is 290 g/mol. The Bertz CT molecular complexity index is 650. The highest BCUT2D eigenvalue weighted by Crippen LogP contribution is 2.48. The minimum absolute atomic E-state index is 0.0181. The van der Waals surface area contributed by atoms with Gasteiger partial charge in [0.1, 0.15) is 11.5 Å². The third kappa shape index (κ3) is 2.54. The molecule has 3 nitrogen and oxygen atoms in total. The third-order valence-electron chi connectivity index (χ3n) is 5.08. The molecule has 2 aliphatic rings. The lowest BCUT2D eigenvalue weighted by molar-refractivity contribution is 0.178. The molecule has 1 fully saturated rings. The third-order valence-corrected chi connectivity index (χ3v) is 5.08. The Kier molecular flexibility index (Phi) is 3.28. The lowest BCUT2D eigenvalue weighted by Gasteiger charge is -2.40. The van der Waals surface area contributed by atoms with Crippen molar-refractivity contribution in [2.45, 2.75) is 45.4 Å². The van der Waals surface area contributed by atoms with Crippen LogP contribution in [-0.2, 0) is 0 Å². The van der Waals surface area contributed by atoms with Crippen LogP contribution < -0.4 is 10.4 Å². The summed E-state index contributed by atoms with van der Waals surface area (Å²) in [5, 5.41) is 0. The van der Waals surface area contributed by atoms with Crippen LogP contribution in [0.15, 0.2) is 27.4 Å². The number of allylic oxidation sites excluding steroid dienone is 2. The van der Waals surface area contributed by atoms with Gasteiger partial charge < -0.3 is 9.15 Å². The molecule has 0 radical (unpaired) electrons. The van der Waals surface area contributed by atoms with Crippen LogP contribution in [-0.4, -0.2) is 7.11 Å². The van der Waals surface area contributed by atoms with Gasteiger partial charge >= 0.3 is 5.63 Å². The number of ether oxygens (including phenoxy) is 1. The van der Waals surface area contributed by atoms with Crippen molar-refractivity contribution in [1.29, 1.82) is 0 Å². The zero-order valence-electron chi connectivity index (χ0n) is 14.7. The molecule has 1 saturated carbocycles. The number of methoxy groups -OCH3 is 1. The molecule has 0 saturated heterocycles. The Hall–Kier alpha value is -1.51. The highest BCUT2D eigenvalue weighted by atomic mass is 16.5. The van der Waals surface area contributed by atoms with E-state index in [4.69, 9.17) is 11.9 Å². The van der Waals surface area contributed by atoms with Gasteiger partial charge in [-0.25, -0.2) is 4.79 Å². The molecule has 1 heterocycles. The Morgan fingerprint density at radius 3 is 2.90 bits per heavy atom. The molecule has 0 N–H and O–H groups in total. The molecule has 1 aromatic rings. The van der Waals surface area contributed by atoms with Gasteiger partial charge in [-0.3, -0.25) is 0 Å². The lowest BCUT2D eigenvalue weighted by Crippen LogP contribution is -2.31. The number of fused-ring (bicyclic) bond motifs is 1. The van der Waals surface area contributed by atoms with Gasteiger partial charge in [0.15, 0.2) is 0 Å². The van der Waals surface area contributed by atoms with Gasteiger partial charge in [0.25, 0.3) is 0 Å². The summed E-state index contributed by atoms with van der Waals surface area (Å²) in [4.78, 5) is 12.3. The van der Waals surface area contributed by atoms with Gasteiger partial charge in [0.2, 0.25) is 0 Å². The second-order valence-corrected chi connectivity index (χ2v) is 6.30. The van der Waals surface area contributed by atoms with Gasteiger partial charge in [-0.2, -0.15) is 0 Å². The summed E-state index contributed by atoms with van der Waals surface area (Å²) in [5.41, 5.74) is -0.626. The molecule has 0 bridgehead atoms. The predicted octanol–water partition coefficient (Wildman–Crippen LogP) is 4.05. The van der Waals surface area contributed by atoms with Crippen molar-refractivity contribution in [1.82, 2.24) is 0 Å². The van der Waals surface area contributed by atoms with Crippen molar-refractivity contribution in [2.24, 2.45) is 17.8 Å². The monoisotopic (exact) mass is 290 g/mol. The molecule has 4 atom stereocenters. The first-order valence-corrected chi connectivity index (χ1v) is 7.77. The average Bonchev–Trinajstić information content (AvgIpc) is 2.53. The van der Waals surface area contributed by atoms with Crippen molar-refractivity contribution in [3.05, 3.63) is 40.0 Å². The highest BCUT2D eigenvalue weighted by Gasteiger charge is 2.38. The molecule has 2 aliphatic carbocycles. The summed E-state index contributed by atoms with van der Waals surface area (Å²) < 4.78 is 25.9. The molecule has 0 aliphatic heterocycles. The summed E-state index contributed by atoms with van der Waals surface area (Å²) >= 11 is 0. The van der Waals surface area contributed by atoms with Crippen LogP contribution in [0.25, 0.3) is 0 Å². The minimum atomic E-state index is -1.40. The van der Waals surface area contributed by atoms with Crippen molar-refractivity contribution >= 4 is 0 Å². The fourth-order valence-corrected chi connectivity index (χ4v) is 4.00. The first-order valence-electron chi connectivity index (χ1n) is 8.93. The van der Waals surface area contributed by atoms with E-state index in [9.17, 15) is 4.79 Å². The Morgan fingerprint density at radius 2 is 2.14 bits per heavy atom. The van der Waals surface area contributed by atoms with Crippen molar-refractivity contribution < 1.29 is 11.9 Å². The van der Waals surface area contributed by atoms with Gasteiger partial charge in [-0.15, -0.1) is 0 Å². The molecule has 0 unspecified atom stereocenters. The summed E-state index contributed by atoms with van der Waals surface area (Å²) in [6.07, 6.45) is 9.40. The molecule has 3 heteroatoms. The molecule has 1 aromatic heterocycles. The van der Waals surface area contributed by atoms with E-state index in [-0.39, 0.29) is 11.5 Å². The van der Waals surface area contributed by atoms with E-state index in [1.165, 1.54) is 26.4 Å². The van der Waals surface area contributed by atoms with E-state index in [1.54, 1.807) is 6.07 Å². The zero-order valence-corrected chi connectivity index (χ0v) is 12.7. The highest BCUT2D eigenvalue weighted by molar-refractivity contribution is 5.32. The summed E-state index contributed by atoms with van der Waals surface area (Å²) in [7, 11) is 1.47. The molecule has 3 rings (SSSR count). The maximum absolute atomic E-state index is 12.3. The van der Waals surface area contributed by atoms with Crippen LogP contribution in [0, 0.1) is 24.6 Å². The SMILES string of the molecule is [2H]C([2H])c1c(OC)cc([C@H]2[C@@H]3CCCC[C@H]3C=C[C@H]2C)oc1=O. The Balaban J connectivity index is 2.05. The van der Waals surface area contributed by atoms with Crippen molar-refractivity contribution in [3.8, 4) is 5.75 Å². The number of hydrogen-bond acceptors (Lipinski definition) is 3. The maximum Gasteiger partial charge on any atom is 0.342 e. The van der Waals surface area contributed by atoms with E-state index >= 15 is 0 Å². The van der Waals surface area contributed by atoms with Crippen LogP contribution in [0.2, 0.25) is 0 Å². The summed E-state index contributed by atoms with van der Waals surface area (Å²) in [6.45, 7) is 0.755. The maximum atomic E-state index is 12.3. The van der Waals surface area contributed by atoms with E-state index < -0.39 is 12.5 Å². The van der Waals surface area contributed by atoms with E-state index in [2.05, 4.69) is 19.1 Å². The van der Waals surface area contributed by atoms with E-state index in [0.29, 0.717) is 29.3 Å². The van der Waals surface area contributed by atoms with Gasteiger partial charge in [0.05, 0.1) is 12.7 Å². The molecule has 21 heavy (non-hydrogen) atoms. The van der Waals surface area contributed by atoms with Crippen molar-refractivity contribution in [2.75, 3.05) is 7.11 Å². The van der Waals surface area contributed by atoms with Gasteiger partial charge in [-0.05, 0) is 37.5 Å². The minimum Gasteiger partial charge on any atom is -0.496 e. The predicted molar refractivity (Wildman–Crippen MR) is 82.8 cm³/mol. The van der Waals surface area contributed by atoms with Crippen LogP contribution in [0.4, 0.5) is 0 Å². The van der Waals surface area contributed by atoms with Crippen molar-refractivity contribution in [3.63, 3.8) is 0 Å². The fourth-order valence-electron chi connectivity index (χ4n) is 4.00. The quantitative estimate of drug-likeness (QED) is 0.771. The molecule has 0 amide bonds. The number of rotatable bonds is 2. The van der Waals surface area contributed by atoms with E-state index in [0.717, 1.165) is 6.42 Å². The second-order valence-electron chi connectivity index (χ2n) is 6.30. The zero-order chi connectivity index (χ0) is 16.6. The summed E-state index contributed by atoms with van der Waals surface area (Å²) in [6, 6.07) is 1.73. The van der Waals surface area contributed by atoms with E-state index in [1.807, 2.05) is 0 Å². The largest absolute Gasteiger partial charge is 0.496 e. The second kappa shape index (κ2) is 5.70. The molecular weight excluding hydrogens is 264 g/mol. The molecule has 0 spiro atoms. The fraction of sp³-hybridized carbons (Fsp3) is 0.611. The Morgan fingerprint density at radius 1 is 1.33 bits per heavy atom. The number of hydrogen-bond donors (Lipinski definition) is 0. The van der Waals surface area contributed by atoms with Crippen LogP contribution >= 0.6 is 0 Å². The topological polar surface area (TPSA) is 39.4 Å². The smallest absolute Gasteiger partial charge is 0.342 e. The van der Waals surface area contributed by atoms with Crippen LogP contribution in [0.3, 0.4) is 0 Å². The Labute approximate surface area is 128 Å². The first-order chi connectivity index (χ1) is 11.0. The van der Waals surface area contributed by atoms with Crippen LogP contribution in [0.1, 0.15) is 52.6 Å². The van der Waals surface area contributed by atoms with Gasteiger partial charge in [-0.1, -0.05) is 31.9 Å².